The number of pyridine rings is 4. The SMILES string of the molecule is FC(F)(F)C(c1ccc(-c2nc(-c3ccc(-c4ccncc4)cc3)nc(-c3ccc(-c4ccncc4)cc3)n2)cc1)(c1ccc(-c2nc(-c3ccc(-c4ccncc4)cc3)nc(-c3ccc(-c4ccncc4)cc3)n2)cc1)C(F)(F)F. The van der Waals surface area contributed by atoms with Gasteiger partial charge in [0.2, 0.25) is 5.41 Å². The van der Waals surface area contributed by atoms with Gasteiger partial charge in [-0.2, -0.15) is 26.3 Å². The van der Waals surface area contributed by atoms with Gasteiger partial charge in [-0.3, -0.25) is 19.9 Å². The third kappa shape index (κ3) is 10.3. The van der Waals surface area contributed by atoms with Crippen molar-refractivity contribution in [1.82, 2.24) is 49.8 Å². The van der Waals surface area contributed by atoms with Crippen LogP contribution >= 0.6 is 0 Å². The van der Waals surface area contributed by atoms with Gasteiger partial charge in [0.05, 0.1) is 0 Å². The van der Waals surface area contributed by atoms with Crippen LogP contribution in [0.25, 0.3) is 113 Å². The Labute approximate surface area is 459 Å². The summed E-state index contributed by atoms with van der Waals surface area (Å²) in [5.74, 6) is 0.972. The Balaban J connectivity index is 0.915. The summed E-state index contributed by atoms with van der Waals surface area (Å²) in [7, 11) is 0. The Morgan fingerprint density at radius 1 is 0.185 bits per heavy atom. The molecule has 12 aromatic rings. The van der Waals surface area contributed by atoms with E-state index in [1.807, 2.05) is 146 Å². The number of aromatic nitrogens is 10. The van der Waals surface area contributed by atoms with Crippen molar-refractivity contribution in [3.05, 3.63) is 255 Å². The zero-order valence-electron chi connectivity index (χ0n) is 42.3. The summed E-state index contributed by atoms with van der Waals surface area (Å²) in [5.41, 5.74) is 3.38. The number of nitrogens with zero attached hydrogens (tertiary/aromatic N) is 10. The minimum Gasteiger partial charge on any atom is -0.265 e. The third-order valence-electron chi connectivity index (χ3n) is 13.9. The Morgan fingerprint density at radius 3 is 0.506 bits per heavy atom. The highest BCUT2D eigenvalue weighted by molar-refractivity contribution is 5.75. The van der Waals surface area contributed by atoms with Gasteiger partial charge in [-0.05, 0) is 104 Å². The summed E-state index contributed by atoms with van der Waals surface area (Å²) in [5, 5.41) is 0. The lowest BCUT2D eigenvalue weighted by atomic mass is 9.72. The van der Waals surface area contributed by atoms with E-state index in [1.54, 1.807) is 49.6 Å². The molecule has 0 fully saturated rings. The molecule has 12 rings (SSSR count). The highest BCUT2D eigenvalue weighted by Gasteiger charge is 2.72. The van der Waals surface area contributed by atoms with Gasteiger partial charge in [-0.15, -0.1) is 0 Å². The van der Waals surface area contributed by atoms with Crippen LogP contribution in [0.4, 0.5) is 26.3 Å². The van der Waals surface area contributed by atoms with Crippen molar-refractivity contribution in [2.75, 3.05) is 0 Å². The van der Waals surface area contributed by atoms with Crippen LogP contribution in [0, 0.1) is 0 Å². The van der Waals surface area contributed by atoms with Crippen molar-refractivity contribution in [2.24, 2.45) is 0 Å². The van der Waals surface area contributed by atoms with E-state index in [1.165, 1.54) is 24.3 Å². The summed E-state index contributed by atoms with van der Waals surface area (Å²) < 4.78 is 94.8. The summed E-state index contributed by atoms with van der Waals surface area (Å²) in [6.45, 7) is 0. The average Bonchev–Trinajstić information content (AvgIpc) is 3.71. The van der Waals surface area contributed by atoms with E-state index in [0.717, 1.165) is 68.8 Å². The molecule has 0 aliphatic rings. The Hall–Kier alpha value is -10.5. The predicted molar refractivity (Wildman–Crippen MR) is 298 cm³/mol. The number of alkyl halides is 6. The lowest BCUT2D eigenvalue weighted by Crippen LogP contribution is -2.54. The van der Waals surface area contributed by atoms with Crippen LogP contribution in [-0.2, 0) is 5.41 Å². The maximum absolute atomic E-state index is 15.8. The topological polar surface area (TPSA) is 129 Å². The van der Waals surface area contributed by atoms with Crippen LogP contribution in [0.1, 0.15) is 11.1 Å². The molecular weight excluding hydrogens is 1030 g/mol. The summed E-state index contributed by atoms with van der Waals surface area (Å²) in [4.78, 5) is 44.9. The van der Waals surface area contributed by atoms with Crippen molar-refractivity contribution in [3.63, 3.8) is 0 Å². The molecule has 0 bridgehead atoms. The van der Waals surface area contributed by atoms with Crippen LogP contribution in [-0.4, -0.2) is 62.2 Å². The first kappa shape index (κ1) is 51.3. The second-order valence-electron chi connectivity index (χ2n) is 18.8. The Bertz CT molecular complexity index is 3650. The fourth-order valence-corrected chi connectivity index (χ4v) is 9.67. The molecule has 6 heterocycles. The molecular formula is C65H40F6N10. The molecule has 0 N–H and O–H groups in total. The molecule has 16 heteroatoms. The highest BCUT2D eigenvalue weighted by atomic mass is 19.4. The van der Waals surface area contributed by atoms with Gasteiger partial charge < -0.3 is 0 Å². The first-order valence-corrected chi connectivity index (χ1v) is 25.3. The van der Waals surface area contributed by atoms with E-state index >= 15 is 26.3 Å². The lowest BCUT2D eigenvalue weighted by molar-refractivity contribution is -0.288. The fourth-order valence-electron chi connectivity index (χ4n) is 9.67. The van der Waals surface area contributed by atoms with Gasteiger partial charge in [0, 0.05) is 83.0 Å². The molecule has 0 saturated heterocycles. The van der Waals surface area contributed by atoms with Crippen molar-refractivity contribution in [3.8, 4) is 113 Å². The second-order valence-corrected chi connectivity index (χ2v) is 18.8. The maximum Gasteiger partial charge on any atom is 0.411 e. The zero-order chi connectivity index (χ0) is 55.6. The van der Waals surface area contributed by atoms with Crippen molar-refractivity contribution in [2.45, 2.75) is 17.8 Å². The maximum atomic E-state index is 15.8. The van der Waals surface area contributed by atoms with Crippen LogP contribution in [0.15, 0.2) is 244 Å². The quantitative estimate of drug-likeness (QED) is 0.109. The van der Waals surface area contributed by atoms with E-state index in [9.17, 15) is 0 Å². The van der Waals surface area contributed by atoms with Gasteiger partial charge in [0.25, 0.3) is 0 Å². The van der Waals surface area contributed by atoms with Crippen LogP contribution in [0.5, 0.6) is 0 Å². The average molecular weight is 1080 g/mol. The molecule has 0 radical (unpaired) electrons. The van der Waals surface area contributed by atoms with E-state index < -0.39 is 28.9 Å². The van der Waals surface area contributed by atoms with Crippen LogP contribution in [0.2, 0.25) is 0 Å². The first-order valence-electron chi connectivity index (χ1n) is 25.3. The van der Waals surface area contributed by atoms with Gasteiger partial charge >= 0.3 is 12.4 Å². The number of benzene rings is 6. The zero-order valence-corrected chi connectivity index (χ0v) is 42.3. The monoisotopic (exact) mass is 1070 g/mol. The standard InChI is InChI=1S/C65H40F6N10/c66-64(67,68)63(65(69,70)71,55-21-17-53(18-22-55)61-78-57(49-9-1-41(2-10-49)45-25-33-72-34-26-45)76-58(79-61)50-11-3-42(4-12-50)46-27-35-73-36-28-46)56-23-19-54(20-24-56)62-80-59(51-13-5-43(6-14-51)47-29-37-74-38-30-47)77-60(81-62)52-15-7-44(8-16-52)48-31-39-75-40-32-48/h1-40H. The molecule has 10 nitrogen and oxygen atoms in total. The molecule has 0 saturated carbocycles. The molecule has 0 aliphatic carbocycles. The molecule has 6 aromatic heterocycles. The molecule has 0 spiro atoms. The number of halogens is 6. The van der Waals surface area contributed by atoms with Gasteiger partial charge in [0.1, 0.15) is 0 Å². The van der Waals surface area contributed by atoms with Gasteiger partial charge in [-0.1, -0.05) is 146 Å². The summed E-state index contributed by atoms with van der Waals surface area (Å²) >= 11 is 0. The van der Waals surface area contributed by atoms with E-state index in [-0.39, 0.29) is 46.1 Å². The number of hydrogen-bond acceptors (Lipinski definition) is 10. The van der Waals surface area contributed by atoms with Gasteiger partial charge in [0.15, 0.2) is 34.9 Å². The Kier molecular flexibility index (Phi) is 13.5. The number of hydrogen-bond donors (Lipinski definition) is 0. The number of rotatable bonds is 12. The van der Waals surface area contributed by atoms with Crippen molar-refractivity contribution >= 4 is 0 Å². The minimum atomic E-state index is -5.88. The minimum absolute atomic E-state index is 0.0254. The van der Waals surface area contributed by atoms with E-state index in [2.05, 4.69) is 19.9 Å². The molecule has 0 atom stereocenters. The van der Waals surface area contributed by atoms with Crippen LogP contribution < -0.4 is 0 Å². The highest BCUT2D eigenvalue weighted by Crippen LogP contribution is 2.56. The summed E-state index contributed by atoms with van der Waals surface area (Å²) in [6, 6.07) is 52.6. The molecule has 6 aromatic carbocycles. The van der Waals surface area contributed by atoms with Gasteiger partial charge in [-0.25, -0.2) is 29.9 Å². The first-order chi connectivity index (χ1) is 39.4. The molecule has 0 amide bonds. The lowest BCUT2D eigenvalue weighted by Gasteiger charge is -2.38. The van der Waals surface area contributed by atoms with E-state index in [0.29, 0.717) is 22.3 Å². The molecule has 81 heavy (non-hydrogen) atoms. The van der Waals surface area contributed by atoms with Crippen LogP contribution in [0.3, 0.4) is 0 Å². The summed E-state index contributed by atoms with van der Waals surface area (Å²) in [6.07, 6.45) is 1.71. The normalized spacial score (nSPS) is 11.8. The Morgan fingerprint density at radius 2 is 0.333 bits per heavy atom. The smallest absolute Gasteiger partial charge is 0.265 e. The fraction of sp³-hybridized carbons (Fsp3) is 0.0462. The largest absolute Gasteiger partial charge is 0.411 e. The second kappa shape index (κ2) is 21.4. The third-order valence-corrected chi connectivity index (χ3v) is 13.9. The van der Waals surface area contributed by atoms with Crippen molar-refractivity contribution < 1.29 is 26.3 Å². The predicted octanol–water partition coefficient (Wildman–Crippen LogP) is 15.7. The molecule has 0 aliphatic heterocycles. The van der Waals surface area contributed by atoms with Crippen molar-refractivity contribution in [1.29, 1.82) is 0 Å². The molecule has 0 unspecified atom stereocenters. The van der Waals surface area contributed by atoms with E-state index in [4.69, 9.17) is 29.9 Å². The molecule has 392 valence electrons.